The lowest BCUT2D eigenvalue weighted by molar-refractivity contribution is 0.208. The van der Waals surface area contributed by atoms with Gasteiger partial charge in [0, 0.05) is 6.42 Å². The number of nitrogens with zero attached hydrogens (tertiary/aromatic N) is 1. The molecule has 0 radical (unpaired) electrons. The van der Waals surface area contributed by atoms with Crippen LogP contribution in [-0.4, -0.2) is 24.0 Å². The normalized spacial score (nSPS) is 29.6. The maximum absolute atomic E-state index is 8.90. The van der Waals surface area contributed by atoms with Gasteiger partial charge in [0.1, 0.15) is 7.11 Å². The first-order valence-corrected chi connectivity index (χ1v) is 2.79. The highest BCUT2D eigenvalue weighted by molar-refractivity contribution is 5.97. The first-order chi connectivity index (χ1) is 4.33. The van der Waals surface area contributed by atoms with Gasteiger partial charge in [-0.2, -0.15) is 0 Å². The summed E-state index contributed by atoms with van der Waals surface area (Å²) in [7, 11) is 1.49. The molecule has 0 aliphatic heterocycles. The number of aliphatic hydroxyl groups excluding tert-OH is 1. The fourth-order valence-electron chi connectivity index (χ4n) is 0.757. The predicted molar refractivity (Wildman–Crippen MR) is 34.2 cm³/mol. The summed E-state index contributed by atoms with van der Waals surface area (Å²) >= 11 is 0. The van der Waals surface area contributed by atoms with E-state index in [-0.39, 0.29) is 6.10 Å². The van der Waals surface area contributed by atoms with E-state index in [1.807, 2.05) is 0 Å². The monoisotopic (exact) mass is 127 g/mol. The predicted octanol–water partition coefficient (Wildman–Crippen LogP) is 0.310. The van der Waals surface area contributed by atoms with E-state index in [4.69, 9.17) is 5.11 Å². The Balaban J connectivity index is 2.50. The van der Waals surface area contributed by atoms with Gasteiger partial charge in [-0.15, -0.1) is 0 Å². The van der Waals surface area contributed by atoms with Crippen LogP contribution in [0, 0.1) is 0 Å². The summed E-state index contributed by atoms with van der Waals surface area (Å²) in [5.41, 5.74) is 0.796. The standard InChI is InChI=1S/C6H9NO2/c1-9-7-5-2-3-6(8)4-5/h2-3,6,8H,4H2,1H3/b7-5+/t6-/m1/s1. The molecule has 1 N–H and O–H groups in total. The molecular weight excluding hydrogens is 118 g/mol. The molecule has 1 atom stereocenters. The molecule has 0 bridgehead atoms. The van der Waals surface area contributed by atoms with Gasteiger partial charge in [-0.3, -0.25) is 0 Å². The maximum Gasteiger partial charge on any atom is 0.106 e. The molecule has 0 unspecified atom stereocenters. The van der Waals surface area contributed by atoms with Crippen molar-refractivity contribution in [3.05, 3.63) is 12.2 Å². The van der Waals surface area contributed by atoms with E-state index in [0.29, 0.717) is 6.42 Å². The lowest BCUT2D eigenvalue weighted by atomic mass is 10.3. The van der Waals surface area contributed by atoms with Crippen LogP contribution in [0.1, 0.15) is 6.42 Å². The molecule has 0 aromatic carbocycles. The zero-order chi connectivity index (χ0) is 6.69. The van der Waals surface area contributed by atoms with Gasteiger partial charge in [0.05, 0.1) is 11.8 Å². The van der Waals surface area contributed by atoms with Gasteiger partial charge in [0.25, 0.3) is 0 Å². The Morgan fingerprint density at radius 1 is 1.89 bits per heavy atom. The van der Waals surface area contributed by atoms with Crippen molar-refractivity contribution in [1.82, 2.24) is 0 Å². The first-order valence-electron chi connectivity index (χ1n) is 2.79. The van der Waals surface area contributed by atoms with Gasteiger partial charge >= 0.3 is 0 Å². The number of hydrogen-bond donors (Lipinski definition) is 1. The topological polar surface area (TPSA) is 41.8 Å². The van der Waals surface area contributed by atoms with Crippen molar-refractivity contribution in [3.63, 3.8) is 0 Å². The highest BCUT2D eigenvalue weighted by Gasteiger charge is 2.10. The smallest absolute Gasteiger partial charge is 0.106 e. The van der Waals surface area contributed by atoms with Crippen molar-refractivity contribution in [3.8, 4) is 0 Å². The second kappa shape index (κ2) is 2.64. The molecule has 3 nitrogen and oxygen atoms in total. The molecule has 3 heteroatoms. The molecule has 0 spiro atoms. The Morgan fingerprint density at radius 2 is 2.67 bits per heavy atom. The van der Waals surface area contributed by atoms with Crippen LogP contribution < -0.4 is 0 Å². The van der Waals surface area contributed by atoms with Crippen LogP contribution in [0.5, 0.6) is 0 Å². The molecule has 9 heavy (non-hydrogen) atoms. The number of hydrogen-bond acceptors (Lipinski definition) is 3. The Bertz CT molecular complexity index is 151. The minimum Gasteiger partial charge on any atom is -0.399 e. The molecule has 0 saturated carbocycles. The van der Waals surface area contributed by atoms with Crippen molar-refractivity contribution in [2.45, 2.75) is 12.5 Å². The average molecular weight is 127 g/mol. The van der Waals surface area contributed by atoms with E-state index in [2.05, 4.69) is 9.99 Å². The Labute approximate surface area is 53.6 Å². The molecule has 0 fully saturated rings. The van der Waals surface area contributed by atoms with Gasteiger partial charge in [0.15, 0.2) is 0 Å². The fraction of sp³-hybridized carbons (Fsp3) is 0.500. The number of aliphatic hydroxyl groups is 1. The molecule has 0 saturated heterocycles. The minimum absolute atomic E-state index is 0.362. The fourth-order valence-corrected chi connectivity index (χ4v) is 0.757. The summed E-state index contributed by atoms with van der Waals surface area (Å²) in [5, 5.41) is 12.5. The molecule has 50 valence electrons. The summed E-state index contributed by atoms with van der Waals surface area (Å²) in [6, 6.07) is 0. The average Bonchev–Trinajstić information content (AvgIpc) is 2.17. The summed E-state index contributed by atoms with van der Waals surface area (Å²) in [6.45, 7) is 0. The highest BCUT2D eigenvalue weighted by atomic mass is 16.6. The third kappa shape index (κ3) is 1.54. The van der Waals surface area contributed by atoms with Crippen molar-refractivity contribution >= 4 is 5.71 Å². The zero-order valence-corrected chi connectivity index (χ0v) is 5.24. The first kappa shape index (κ1) is 6.29. The van der Waals surface area contributed by atoms with E-state index >= 15 is 0 Å². The summed E-state index contributed by atoms with van der Waals surface area (Å²) < 4.78 is 0. The number of oxime groups is 1. The molecule has 0 aromatic heterocycles. The van der Waals surface area contributed by atoms with Crippen molar-refractivity contribution in [2.75, 3.05) is 7.11 Å². The van der Waals surface area contributed by atoms with Crippen molar-refractivity contribution in [2.24, 2.45) is 5.16 Å². The number of rotatable bonds is 1. The second-order valence-electron chi connectivity index (χ2n) is 1.90. The third-order valence-corrected chi connectivity index (χ3v) is 1.14. The van der Waals surface area contributed by atoms with Gasteiger partial charge < -0.3 is 9.94 Å². The van der Waals surface area contributed by atoms with Crippen LogP contribution in [0.2, 0.25) is 0 Å². The molecule has 1 aliphatic carbocycles. The summed E-state index contributed by atoms with van der Waals surface area (Å²) in [5.74, 6) is 0. The van der Waals surface area contributed by atoms with E-state index in [1.54, 1.807) is 12.2 Å². The van der Waals surface area contributed by atoms with Crippen LogP contribution in [0.3, 0.4) is 0 Å². The van der Waals surface area contributed by atoms with Gasteiger partial charge in [0.2, 0.25) is 0 Å². The lowest BCUT2D eigenvalue weighted by Gasteiger charge is -1.93. The Morgan fingerprint density at radius 3 is 3.11 bits per heavy atom. The largest absolute Gasteiger partial charge is 0.399 e. The van der Waals surface area contributed by atoms with Crippen molar-refractivity contribution < 1.29 is 9.94 Å². The molecule has 1 rings (SSSR count). The molecular formula is C6H9NO2. The number of allylic oxidation sites excluding steroid dienone is 1. The van der Waals surface area contributed by atoms with Crippen LogP contribution in [0.4, 0.5) is 0 Å². The van der Waals surface area contributed by atoms with Crippen molar-refractivity contribution in [1.29, 1.82) is 0 Å². The molecule has 1 aliphatic rings. The van der Waals surface area contributed by atoms with E-state index in [1.165, 1.54) is 7.11 Å². The van der Waals surface area contributed by atoms with E-state index in [9.17, 15) is 0 Å². The minimum atomic E-state index is -0.362. The molecule has 0 aromatic rings. The lowest BCUT2D eigenvalue weighted by Crippen LogP contribution is -2.00. The maximum atomic E-state index is 8.90. The summed E-state index contributed by atoms with van der Waals surface area (Å²) in [6.07, 6.45) is 3.67. The third-order valence-electron chi connectivity index (χ3n) is 1.14. The van der Waals surface area contributed by atoms with Crippen LogP contribution in [0.25, 0.3) is 0 Å². The summed E-state index contributed by atoms with van der Waals surface area (Å²) in [4.78, 5) is 4.50. The van der Waals surface area contributed by atoms with Gasteiger partial charge in [-0.05, 0) is 6.08 Å². The Kier molecular flexibility index (Phi) is 1.85. The van der Waals surface area contributed by atoms with E-state index in [0.717, 1.165) is 5.71 Å². The van der Waals surface area contributed by atoms with Gasteiger partial charge in [-0.1, -0.05) is 11.2 Å². The van der Waals surface area contributed by atoms with Crippen LogP contribution >= 0.6 is 0 Å². The highest BCUT2D eigenvalue weighted by Crippen LogP contribution is 2.06. The molecule has 0 amide bonds. The van der Waals surface area contributed by atoms with E-state index < -0.39 is 0 Å². The quantitative estimate of drug-likeness (QED) is 0.515. The SMILES string of the molecule is CO/N=C1\C=C[C@@H](O)C1. The van der Waals surface area contributed by atoms with Crippen LogP contribution in [-0.2, 0) is 4.84 Å². The molecule has 0 heterocycles. The van der Waals surface area contributed by atoms with Crippen LogP contribution in [0.15, 0.2) is 17.3 Å². The van der Waals surface area contributed by atoms with Gasteiger partial charge in [-0.25, -0.2) is 0 Å². The zero-order valence-electron chi connectivity index (χ0n) is 5.24. The Hall–Kier alpha value is -0.830. The second-order valence-corrected chi connectivity index (χ2v) is 1.90.